The second kappa shape index (κ2) is 8.51. The Morgan fingerprint density at radius 1 is 0.788 bits per heavy atom. The molecule has 0 aliphatic rings. The van der Waals surface area contributed by atoms with E-state index in [4.69, 9.17) is 0 Å². The Morgan fingerprint density at radius 2 is 1.48 bits per heavy atom. The van der Waals surface area contributed by atoms with Crippen LogP contribution in [0.5, 0.6) is 0 Å². The van der Waals surface area contributed by atoms with Crippen LogP contribution in [0.4, 0.5) is 14.5 Å². The second-order valence-electron chi connectivity index (χ2n) is 8.33. The van der Waals surface area contributed by atoms with Crippen molar-refractivity contribution in [2.45, 2.75) is 6.54 Å². The van der Waals surface area contributed by atoms with E-state index in [0.717, 1.165) is 33.9 Å². The molecule has 0 unspecified atom stereocenters. The van der Waals surface area contributed by atoms with Gasteiger partial charge in [0.1, 0.15) is 11.6 Å². The van der Waals surface area contributed by atoms with Gasteiger partial charge in [0.25, 0.3) is 0 Å². The van der Waals surface area contributed by atoms with Crippen molar-refractivity contribution in [2.75, 3.05) is 19.0 Å². The summed E-state index contributed by atoms with van der Waals surface area (Å²) in [6, 6.07) is 26.2. The SMILES string of the molecule is CN(C)c1ccc(-c2cc3cc(-c4cc(F)cc(F)c4)ncc3n2Cc2ccccc2)cc1. The quantitative estimate of drug-likeness (QED) is 0.302. The predicted octanol–water partition coefficient (Wildman–Crippen LogP) is 6.76. The summed E-state index contributed by atoms with van der Waals surface area (Å²) >= 11 is 0. The van der Waals surface area contributed by atoms with Crippen LogP contribution in [0.25, 0.3) is 33.4 Å². The molecule has 0 amide bonds. The summed E-state index contributed by atoms with van der Waals surface area (Å²) in [6.45, 7) is 0.685. The normalized spacial score (nSPS) is 11.2. The molecule has 5 aromatic rings. The van der Waals surface area contributed by atoms with E-state index in [9.17, 15) is 8.78 Å². The fourth-order valence-corrected chi connectivity index (χ4v) is 4.13. The zero-order valence-electron chi connectivity index (χ0n) is 18.5. The van der Waals surface area contributed by atoms with Crippen molar-refractivity contribution in [3.8, 4) is 22.5 Å². The van der Waals surface area contributed by atoms with E-state index in [1.54, 1.807) is 6.20 Å². The number of fused-ring (bicyclic) bond motifs is 1. The number of hydrogen-bond acceptors (Lipinski definition) is 2. The van der Waals surface area contributed by atoms with E-state index in [0.29, 0.717) is 17.8 Å². The van der Waals surface area contributed by atoms with Crippen LogP contribution in [0.2, 0.25) is 0 Å². The minimum atomic E-state index is -0.616. The number of rotatable bonds is 5. The third-order valence-electron chi connectivity index (χ3n) is 5.81. The van der Waals surface area contributed by atoms with E-state index in [1.807, 2.05) is 38.4 Å². The first-order valence-corrected chi connectivity index (χ1v) is 10.8. The lowest BCUT2D eigenvalue weighted by Gasteiger charge is -2.14. The highest BCUT2D eigenvalue weighted by atomic mass is 19.1. The largest absolute Gasteiger partial charge is 0.378 e. The molecule has 5 rings (SSSR count). The second-order valence-corrected chi connectivity index (χ2v) is 8.33. The van der Waals surface area contributed by atoms with E-state index in [-0.39, 0.29) is 0 Å². The van der Waals surface area contributed by atoms with Crippen molar-refractivity contribution in [3.05, 3.63) is 108 Å². The Hall–Kier alpha value is -3.99. The molecule has 0 aliphatic carbocycles. The number of benzene rings is 3. The monoisotopic (exact) mass is 439 g/mol. The lowest BCUT2D eigenvalue weighted by Crippen LogP contribution is -2.08. The molecule has 3 aromatic carbocycles. The highest BCUT2D eigenvalue weighted by molar-refractivity contribution is 5.89. The van der Waals surface area contributed by atoms with Gasteiger partial charge in [-0.1, -0.05) is 42.5 Å². The maximum atomic E-state index is 13.8. The fourth-order valence-electron chi connectivity index (χ4n) is 4.13. The van der Waals surface area contributed by atoms with Crippen LogP contribution in [-0.4, -0.2) is 23.6 Å². The first-order chi connectivity index (χ1) is 16.0. The van der Waals surface area contributed by atoms with Crippen LogP contribution >= 0.6 is 0 Å². The molecule has 2 aromatic heterocycles. The van der Waals surface area contributed by atoms with E-state index in [1.165, 1.54) is 17.7 Å². The smallest absolute Gasteiger partial charge is 0.126 e. The lowest BCUT2D eigenvalue weighted by atomic mass is 10.1. The van der Waals surface area contributed by atoms with Crippen LogP contribution in [-0.2, 0) is 6.54 Å². The summed E-state index contributed by atoms with van der Waals surface area (Å²) in [5.41, 5.74) is 6.37. The van der Waals surface area contributed by atoms with Crippen LogP contribution in [0.3, 0.4) is 0 Å². The predicted molar refractivity (Wildman–Crippen MR) is 130 cm³/mol. The maximum Gasteiger partial charge on any atom is 0.126 e. The Kier molecular flexibility index (Phi) is 5.38. The van der Waals surface area contributed by atoms with Gasteiger partial charge in [0.2, 0.25) is 0 Å². The van der Waals surface area contributed by atoms with Crippen molar-refractivity contribution in [2.24, 2.45) is 0 Å². The molecule has 3 nitrogen and oxygen atoms in total. The zero-order valence-corrected chi connectivity index (χ0v) is 18.5. The molecule has 164 valence electrons. The van der Waals surface area contributed by atoms with Gasteiger partial charge in [0.05, 0.1) is 17.4 Å². The molecule has 33 heavy (non-hydrogen) atoms. The van der Waals surface area contributed by atoms with Gasteiger partial charge in [-0.15, -0.1) is 0 Å². The molecule has 0 spiro atoms. The average Bonchev–Trinajstić information content (AvgIpc) is 3.16. The highest BCUT2D eigenvalue weighted by Gasteiger charge is 2.14. The molecule has 0 fully saturated rings. The van der Waals surface area contributed by atoms with Crippen LogP contribution in [0.1, 0.15) is 5.56 Å². The van der Waals surface area contributed by atoms with Gasteiger partial charge in [-0.05, 0) is 47.5 Å². The number of anilines is 1. The van der Waals surface area contributed by atoms with E-state index >= 15 is 0 Å². The fraction of sp³-hybridized carbons (Fsp3) is 0.107. The highest BCUT2D eigenvalue weighted by Crippen LogP contribution is 2.32. The van der Waals surface area contributed by atoms with Crippen LogP contribution in [0, 0.1) is 11.6 Å². The Balaban J connectivity index is 1.65. The van der Waals surface area contributed by atoms with E-state index in [2.05, 4.69) is 56.9 Å². The third-order valence-corrected chi connectivity index (χ3v) is 5.81. The summed E-state index contributed by atoms with van der Waals surface area (Å²) in [5, 5.41) is 0.965. The standard InChI is InChI=1S/C28H23F2N3/c1-32(2)25-10-8-20(9-11-25)27-15-22-14-26(21-12-23(29)16-24(30)13-21)31-17-28(22)33(27)18-19-6-4-3-5-7-19/h3-17H,18H2,1-2H3. The number of halogens is 2. The van der Waals surface area contributed by atoms with Crippen molar-refractivity contribution in [3.63, 3.8) is 0 Å². The molecule has 0 saturated carbocycles. The zero-order chi connectivity index (χ0) is 22.9. The van der Waals surface area contributed by atoms with Crippen molar-refractivity contribution >= 4 is 16.6 Å². The molecular weight excluding hydrogens is 416 g/mol. The summed E-state index contributed by atoms with van der Waals surface area (Å²) in [6.07, 6.45) is 1.79. The Bertz CT molecular complexity index is 1400. The molecule has 0 saturated heterocycles. The molecule has 0 atom stereocenters. The van der Waals surface area contributed by atoms with Crippen molar-refractivity contribution in [1.82, 2.24) is 9.55 Å². The number of hydrogen-bond donors (Lipinski definition) is 0. The first kappa shape index (κ1) is 20.9. The minimum Gasteiger partial charge on any atom is -0.378 e. The third kappa shape index (κ3) is 4.22. The van der Waals surface area contributed by atoms with Gasteiger partial charge in [-0.2, -0.15) is 0 Å². The van der Waals surface area contributed by atoms with Gasteiger partial charge < -0.3 is 9.47 Å². The van der Waals surface area contributed by atoms with Gasteiger partial charge in [-0.3, -0.25) is 4.98 Å². The van der Waals surface area contributed by atoms with Crippen LogP contribution < -0.4 is 4.90 Å². The Labute approximate surface area is 191 Å². The van der Waals surface area contributed by atoms with Gasteiger partial charge in [0.15, 0.2) is 0 Å². The molecule has 0 bridgehead atoms. The number of pyridine rings is 1. The van der Waals surface area contributed by atoms with E-state index < -0.39 is 11.6 Å². The number of aromatic nitrogens is 2. The molecule has 2 heterocycles. The first-order valence-electron chi connectivity index (χ1n) is 10.8. The molecule has 5 heteroatoms. The molecule has 0 radical (unpaired) electrons. The molecule has 0 N–H and O–H groups in total. The summed E-state index contributed by atoms with van der Waals surface area (Å²) in [4.78, 5) is 6.61. The van der Waals surface area contributed by atoms with Crippen molar-refractivity contribution in [1.29, 1.82) is 0 Å². The Morgan fingerprint density at radius 3 is 2.15 bits per heavy atom. The average molecular weight is 440 g/mol. The van der Waals surface area contributed by atoms with Gasteiger partial charge in [0, 0.05) is 49.0 Å². The minimum absolute atomic E-state index is 0.419. The van der Waals surface area contributed by atoms with Gasteiger partial charge >= 0.3 is 0 Å². The molecular formula is C28H23F2N3. The van der Waals surface area contributed by atoms with Crippen LogP contribution in [0.15, 0.2) is 91.1 Å². The van der Waals surface area contributed by atoms with Crippen molar-refractivity contribution < 1.29 is 8.78 Å². The topological polar surface area (TPSA) is 21.1 Å². The lowest BCUT2D eigenvalue weighted by molar-refractivity contribution is 0.584. The van der Waals surface area contributed by atoms with Gasteiger partial charge in [-0.25, -0.2) is 8.78 Å². The maximum absolute atomic E-state index is 13.8. The summed E-state index contributed by atoms with van der Waals surface area (Å²) in [7, 11) is 4.04. The summed E-state index contributed by atoms with van der Waals surface area (Å²) in [5.74, 6) is -1.23. The number of nitrogens with zero attached hydrogens (tertiary/aromatic N) is 3. The summed E-state index contributed by atoms with van der Waals surface area (Å²) < 4.78 is 29.8. The molecule has 0 aliphatic heterocycles.